The highest BCUT2D eigenvalue weighted by Crippen LogP contribution is 2.12. The van der Waals surface area contributed by atoms with Crippen LogP contribution in [0.15, 0.2) is 47.9 Å². The van der Waals surface area contributed by atoms with Gasteiger partial charge in [-0.25, -0.2) is 9.97 Å². The second-order valence-corrected chi connectivity index (χ2v) is 5.53. The predicted octanol–water partition coefficient (Wildman–Crippen LogP) is 1.27. The van der Waals surface area contributed by atoms with Crippen molar-refractivity contribution < 1.29 is 14.0 Å². The third-order valence-electron chi connectivity index (χ3n) is 3.89. The summed E-state index contributed by atoms with van der Waals surface area (Å²) in [7, 11) is 0. The minimum absolute atomic E-state index is 0.139. The molecule has 0 unspecified atom stereocenters. The molecule has 3 rings (SSSR count). The van der Waals surface area contributed by atoms with Gasteiger partial charge >= 0.3 is 0 Å². The van der Waals surface area contributed by atoms with Gasteiger partial charge in [0.1, 0.15) is 0 Å². The Kier molecular flexibility index (Phi) is 5.08. The van der Waals surface area contributed by atoms with E-state index in [1.165, 1.54) is 18.7 Å². The van der Waals surface area contributed by atoms with Crippen LogP contribution in [-0.2, 0) is 0 Å². The van der Waals surface area contributed by atoms with Crippen LogP contribution in [0.4, 0.5) is 5.95 Å². The monoisotopic (exact) mass is 341 g/mol. The second-order valence-electron chi connectivity index (χ2n) is 5.53. The summed E-state index contributed by atoms with van der Waals surface area (Å²) in [6.07, 6.45) is 6.18. The van der Waals surface area contributed by atoms with Crippen molar-refractivity contribution in [2.24, 2.45) is 0 Å². The number of aromatic nitrogens is 2. The normalized spacial score (nSPS) is 14.2. The van der Waals surface area contributed by atoms with Crippen LogP contribution in [0.1, 0.15) is 20.9 Å². The van der Waals surface area contributed by atoms with Crippen molar-refractivity contribution in [3.05, 3.63) is 54.8 Å². The molecule has 0 spiro atoms. The summed E-state index contributed by atoms with van der Waals surface area (Å²) in [4.78, 5) is 36.4. The molecule has 3 heterocycles. The quantitative estimate of drug-likeness (QED) is 0.824. The van der Waals surface area contributed by atoms with Gasteiger partial charge in [0.15, 0.2) is 5.76 Å². The van der Waals surface area contributed by atoms with Crippen molar-refractivity contribution in [2.75, 3.05) is 38.0 Å². The number of rotatable bonds is 5. The zero-order valence-corrected chi connectivity index (χ0v) is 13.7. The first-order valence-corrected chi connectivity index (χ1v) is 7.98. The van der Waals surface area contributed by atoms with Crippen LogP contribution in [0.5, 0.6) is 0 Å². The van der Waals surface area contributed by atoms with E-state index in [9.17, 15) is 9.59 Å². The Labute approximate surface area is 145 Å². The van der Waals surface area contributed by atoms with E-state index >= 15 is 0 Å². The molecule has 1 aliphatic rings. The highest BCUT2D eigenvalue weighted by Gasteiger charge is 2.26. The second kappa shape index (κ2) is 7.61. The van der Waals surface area contributed by atoms with Gasteiger partial charge in [-0.15, -0.1) is 6.58 Å². The van der Waals surface area contributed by atoms with E-state index in [-0.39, 0.29) is 11.8 Å². The first kappa shape index (κ1) is 16.7. The highest BCUT2D eigenvalue weighted by atomic mass is 16.3. The molecule has 2 aromatic rings. The Morgan fingerprint density at radius 1 is 1.16 bits per heavy atom. The fourth-order valence-corrected chi connectivity index (χ4v) is 2.54. The maximum absolute atomic E-state index is 12.5. The predicted molar refractivity (Wildman–Crippen MR) is 91.2 cm³/mol. The molecule has 1 saturated heterocycles. The van der Waals surface area contributed by atoms with Crippen LogP contribution in [0.2, 0.25) is 0 Å². The molecule has 0 aliphatic carbocycles. The molecule has 0 atom stereocenters. The van der Waals surface area contributed by atoms with Gasteiger partial charge in [0, 0.05) is 45.1 Å². The van der Waals surface area contributed by atoms with Gasteiger partial charge in [-0.2, -0.15) is 0 Å². The fraction of sp³-hybridized carbons (Fsp3) is 0.294. The number of nitrogens with one attached hydrogen (secondary N) is 1. The summed E-state index contributed by atoms with van der Waals surface area (Å²) in [5.74, 6) is 0.472. The Morgan fingerprint density at radius 3 is 2.36 bits per heavy atom. The summed E-state index contributed by atoms with van der Waals surface area (Å²) in [6, 6.07) is 3.32. The van der Waals surface area contributed by atoms with Gasteiger partial charge < -0.3 is 19.5 Å². The average Bonchev–Trinajstić information content (AvgIpc) is 3.20. The van der Waals surface area contributed by atoms with Crippen LogP contribution in [0.25, 0.3) is 0 Å². The largest absolute Gasteiger partial charge is 0.459 e. The molecule has 8 nitrogen and oxygen atoms in total. The lowest BCUT2D eigenvalue weighted by molar-refractivity contribution is 0.0517. The molecule has 2 aromatic heterocycles. The van der Waals surface area contributed by atoms with Crippen LogP contribution in [0, 0.1) is 0 Å². The summed E-state index contributed by atoms with van der Waals surface area (Å²) < 4.78 is 5.13. The number of amides is 2. The SMILES string of the molecule is C=CCNc1ncc(C(=O)N2CCN(C(=O)c3ccco3)CC2)cn1. The van der Waals surface area contributed by atoms with E-state index in [0.29, 0.717) is 50.0 Å². The van der Waals surface area contributed by atoms with Gasteiger partial charge in [-0.3, -0.25) is 9.59 Å². The number of nitrogens with zero attached hydrogens (tertiary/aromatic N) is 4. The lowest BCUT2D eigenvalue weighted by atomic mass is 10.2. The standard InChI is InChI=1S/C17H19N5O3/c1-2-5-18-17-19-11-13(12-20-17)15(23)21-6-8-22(9-7-21)16(24)14-4-3-10-25-14/h2-4,10-12H,1,5-9H2,(H,18,19,20). The molecule has 1 aliphatic heterocycles. The zero-order valence-electron chi connectivity index (χ0n) is 13.7. The molecule has 0 bridgehead atoms. The molecule has 25 heavy (non-hydrogen) atoms. The smallest absolute Gasteiger partial charge is 0.289 e. The first-order chi connectivity index (χ1) is 12.2. The Balaban J connectivity index is 1.56. The summed E-state index contributed by atoms with van der Waals surface area (Å²) >= 11 is 0. The maximum Gasteiger partial charge on any atom is 0.289 e. The Bertz CT molecular complexity index is 734. The molecular weight excluding hydrogens is 322 g/mol. The topological polar surface area (TPSA) is 91.6 Å². The van der Waals surface area contributed by atoms with Crippen molar-refractivity contribution in [1.29, 1.82) is 0 Å². The number of furan rings is 1. The number of piperazine rings is 1. The number of carbonyl (C=O) groups excluding carboxylic acids is 2. The Morgan fingerprint density at radius 2 is 1.80 bits per heavy atom. The molecule has 130 valence electrons. The number of hydrogen-bond donors (Lipinski definition) is 1. The molecule has 0 saturated carbocycles. The highest BCUT2D eigenvalue weighted by molar-refractivity contribution is 5.94. The van der Waals surface area contributed by atoms with Crippen LogP contribution in [-0.4, -0.2) is 64.3 Å². The van der Waals surface area contributed by atoms with E-state index < -0.39 is 0 Å². The third-order valence-corrected chi connectivity index (χ3v) is 3.89. The van der Waals surface area contributed by atoms with Crippen molar-refractivity contribution in [3.8, 4) is 0 Å². The summed E-state index contributed by atoms with van der Waals surface area (Å²) in [5.41, 5.74) is 0.426. The number of carbonyl (C=O) groups is 2. The van der Waals surface area contributed by atoms with E-state index in [1.54, 1.807) is 28.0 Å². The van der Waals surface area contributed by atoms with Gasteiger partial charge in [-0.1, -0.05) is 6.08 Å². The zero-order chi connectivity index (χ0) is 17.6. The van der Waals surface area contributed by atoms with E-state index in [2.05, 4.69) is 21.9 Å². The van der Waals surface area contributed by atoms with Crippen molar-refractivity contribution >= 4 is 17.8 Å². The maximum atomic E-state index is 12.5. The summed E-state index contributed by atoms with van der Waals surface area (Å²) in [5, 5.41) is 2.95. The van der Waals surface area contributed by atoms with Crippen molar-refractivity contribution in [1.82, 2.24) is 19.8 Å². The molecule has 0 aromatic carbocycles. The third kappa shape index (κ3) is 3.85. The van der Waals surface area contributed by atoms with Crippen molar-refractivity contribution in [2.45, 2.75) is 0 Å². The Hall–Kier alpha value is -3.16. The number of hydrogen-bond acceptors (Lipinski definition) is 6. The molecule has 1 fully saturated rings. The van der Waals surface area contributed by atoms with Gasteiger partial charge in [0.25, 0.3) is 11.8 Å². The van der Waals surface area contributed by atoms with Gasteiger partial charge in [-0.05, 0) is 12.1 Å². The molecule has 2 amide bonds. The van der Waals surface area contributed by atoms with E-state index in [1.807, 2.05) is 0 Å². The van der Waals surface area contributed by atoms with Crippen LogP contribution in [0.3, 0.4) is 0 Å². The minimum Gasteiger partial charge on any atom is -0.459 e. The fourth-order valence-electron chi connectivity index (χ4n) is 2.54. The average molecular weight is 341 g/mol. The van der Waals surface area contributed by atoms with Crippen LogP contribution >= 0.6 is 0 Å². The van der Waals surface area contributed by atoms with Crippen molar-refractivity contribution in [3.63, 3.8) is 0 Å². The molecule has 0 radical (unpaired) electrons. The van der Waals surface area contributed by atoms with E-state index in [0.717, 1.165) is 0 Å². The first-order valence-electron chi connectivity index (χ1n) is 7.98. The lowest BCUT2D eigenvalue weighted by Gasteiger charge is -2.34. The molecule has 8 heteroatoms. The van der Waals surface area contributed by atoms with Gasteiger partial charge in [0.2, 0.25) is 5.95 Å². The van der Waals surface area contributed by atoms with Gasteiger partial charge in [0.05, 0.1) is 11.8 Å². The van der Waals surface area contributed by atoms with Crippen LogP contribution < -0.4 is 5.32 Å². The van der Waals surface area contributed by atoms with E-state index in [4.69, 9.17) is 4.42 Å². The molecule has 1 N–H and O–H groups in total. The minimum atomic E-state index is -0.155. The summed E-state index contributed by atoms with van der Waals surface area (Å²) in [6.45, 7) is 6.01. The molecular formula is C17H19N5O3. The lowest BCUT2D eigenvalue weighted by Crippen LogP contribution is -2.50. The number of anilines is 1.